The van der Waals surface area contributed by atoms with E-state index < -0.39 is 0 Å². The Balaban J connectivity index is 1.42. The third-order valence-electron chi connectivity index (χ3n) is 4.57. The normalized spacial score (nSPS) is 11.2. The summed E-state index contributed by atoms with van der Waals surface area (Å²) in [5.74, 6) is -0.272. The smallest absolute Gasteiger partial charge is 0.269 e. The number of nitrogens with zero attached hydrogens (tertiary/aromatic N) is 1. The molecule has 2 aromatic heterocycles. The van der Waals surface area contributed by atoms with E-state index in [1.165, 1.54) is 28.1 Å². The van der Waals surface area contributed by atoms with Crippen LogP contribution in [0.2, 0.25) is 10.0 Å². The molecule has 1 N–H and O–H groups in total. The number of hydrogen-bond acceptors (Lipinski definition) is 4. The Morgan fingerprint density at radius 3 is 2.66 bits per heavy atom. The Labute approximate surface area is 184 Å². The first kappa shape index (κ1) is 18.6. The number of carbonyl (C=O) groups excluding carboxylic acids is 1. The van der Waals surface area contributed by atoms with Crippen LogP contribution in [-0.2, 0) is 0 Å². The van der Waals surface area contributed by atoms with Crippen LogP contribution in [0.15, 0.2) is 66.0 Å². The van der Waals surface area contributed by atoms with Gasteiger partial charge in [0.1, 0.15) is 4.88 Å². The highest BCUT2D eigenvalue weighted by Crippen LogP contribution is 2.37. The van der Waals surface area contributed by atoms with Crippen molar-refractivity contribution in [2.45, 2.75) is 0 Å². The zero-order valence-corrected chi connectivity index (χ0v) is 17.9. The second-order valence-corrected chi connectivity index (χ2v) is 9.16. The molecule has 5 aromatic rings. The topological polar surface area (TPSA) is 42.0 Å². The standard InChI is InChI=1S/C22H12Cl2N2OS2/c23-15-7-8-16-18(10-15)29-20(19(16)24)21(27)26-22-25-17(11-28-22)14-6-5-12-3-1-2-4-13(12)9-14/h1-11H,(H,25,26,27). The van der Waals surface area contributed by atoms with Crippen molar-refractivity contribution in [1.29, 1.82) is 0 Å². The molecule has 1 amide bonds. The van der Waals surface area contributed by atoms with Gasteiger partial charge in [0, 0.05) is 26.1 Å². The summed E-state index contributed by atoms with van der Waals surface area (Å²) in [6.07, 6.45) is 0. The van der Waals surface area contributed by atoms with Gasteiger partial charge < -0.3 is 0 Å². The minimum Gasteiger partial charge on any atom is -0.297 e. The molecular formula is C22H12Cl2N2OS2. The van der Waals surface area contributed by atoms with Gasteiger partial charge in [-0.1, -0.05) is 65.7 Å². The zero-order valence-electron chi connectivity index (χ0n) is 14.8. The minimum atomic E-state index is -0.272. The SMILES string of the molecule is O=C(Nc1nc(-c2ccc3ccccc3c2)cs1)c1sc2cc(Cl)ccc2c1Cl. The fourth-order valence-electron chi connectivity index (χ4n) is 3.15. The maximum absolute atomic E-state index is 12.8. The lowest BCUT2D eigenvalue weighted by Gasteiger charge is -2.01. The van der Waals surface area contributed by atoms with Crippen LogP contribution in [0.4, 0.5) is 5.13 Å². The summed E-state index contributed by atoms with van der Waals surface area (Å²) < 4.78 is 0.878. The number of rotatable bonds is 3. The van der Waals surface area contributed by atoms with Gasteiger partial charge in [-0.3, -0.25) is 10.1 Å². The molecule has 2 heterocycles. The maximum atomic E-state index is 12.8. The lowest BCUT2D eigenvalue weighted by Crippen LogP contribution is -2.10. The van der Waals surface area contributed by atoms with Gasteiger partial charge in [0.25, 0.3) is 5.91 Å². The van der Waals surface area contributed by atoms with Gasteiger partial charge in [-0.05, 0) is 29.0 Å². The summed E-state index contributed by atoms with van der Waals surface area (Å²) in [5.41, 5.74) is 1.83. The number of aromatic nitrogens is 1. The van der Waals surface area contributed by atoms with Crippen molar-refractivity contribution in [3.63, 3.8) is 0 Å². The molecule has 3 nitrogen and oxygen atoms in total. The molecule has 0 atom stereocenters. The van der Waals surface area contributed by atoms with E-state index in [1.807, 2.05) is 35.7 Å². The molecule has 29 heavy (non-hydrogen) atoms. The van der Waals surface area contributed by atoms with Crippen molar-refractivity contribution in [3.05, 3.63) is 81.0 Å². The molecule has 7 heteroatoms. The van der Waals surface area contributed by atoms with Gasteiger partial charge in [0.05, 0.1) is 10.7 Å². The highest BCUT2D eigenvalue weighted by molar-refractivity contribution is 7.22. The van der Waals surface area contributed by atoms with E-state index >= 15 is 0 Å². The van der Waals surface area contributed by atoms with Gasteiger partial charge in [0.2, 0.25) is 0 Å². The van der Waals surface area contributed by atoms with Gasteiger partial charge in [-0.2, -0.15) is 0 Å². The molecular weight excluding hydrogens is 443 g/mol. The lowest BCUT2D eigenvalue weighted by atomic mass is 10.1. The second kappa shape index (κ2) is 7.43. The van der Waals surface area contributed by atoms with E-state index in [0.29, 0.717) is 20.1 Å². The molecule has 142 valence electrons. The summed E-state index contributed by atoms with van der Waals surface area (Å²) in [5, 5.41) is 9.53. The summed E-state index contributed by atoms with van der Waals surface area (Å²) in [4.78, 5) is 17.8. The molecule has 0 spiro atoms. The summed E-state index contributed by atoms with van der Waals surface area (Å²) in [7, 11) is 0. The first-order chi connectivity index (χ1) is 14.1. The largest absolute Gasteiger partial charge is 0.297 e. The molecule has 0 aliphatic carbocycles. The number of hydrogen-bond donors (Lipinski definition) is 1. The van der Waals surface area contributed by atoms with Crippen molar-refractivity contribution < 1.29 is 4.79 Å². The molecule has 0 fully saturated rings. The third kappa shape index (κ3) is 3.51. The quantitative estimate of drug-likeness (QED) is 0.302. The Hall–Kier alpha value is -2.44. The Bertz CT molecular complexity index is 1390. The third-order valence-corrected chi connectivity index (χ3v) is 7.22. The number of thiazole rings is 1. The summed E-state index contributed by atoms with van der Waals surface area (Å²) in [6.45, 7) is 0. The van der Waals surface area contributed by atoms with Crippen molar-refractivity contribution in [3.8, 4) is 11.3 Å². The first-order valence-electron chi connectivity index (χ1n) is 8.72. The number of benzene rings is 3. The van der Waals surface area contributed by atoms with Crippen LogP contribution in [0, 0.1) is 0 Å². The van der Waals surface area contributed by atoms with Crippen LogP contribution in [-0.4, -0.2) is 10.9 Å². The molecule has 5 rings (SSSR count). The molecule has 3 aromatic carbocycles. The molecule has 0 saturated heterocycles. The highest BCUT2D eigenvalue weighted by Gasteiger charge is 2.18. The second-order valence-electron chi connectivity index (χ2n) is 6.44. The van der Waals surface area contributed by atoms with Crippen LogP contribution < -0.4 is 5.32 Å². The lowest BCUT2D eigenvalue weighted by molar-refractivity contribution is 0.103. The molecule has 0 aliphatic rings. The highest BCUT2D eigenvalue weighted by atomic mass is 35.5. The number of halogens is 2. The van der Waals surface area contributed by atoms with Crippen molar-refractivity contribution in [2.75, 3.05) is 5.32 Å². The van der Waals surface area contributed by atoms with E-state index in [1.54, 1.807) is 6.07 Å². The van der Waals surface area contributed by atoms with Gasteiger partial charge in [0.15, 0.2) is 5.13 Å². The minimum absolute atomic E-state index is 0.272. The van der Waals surface area contributed by atoms with Crippen LogP contribution in [0.25, 0.3) is 32.1 Å². The van der Waals surface area contributed by atoms with E-state index in [0.717, 1.165) is 26.7 Å². The number of carbonyl (C=O) groups is 1. The summed E-state index contributed by atoms with van der Waals surface area (Å²) >= 11 is 15.2. The number of anilines is 1. The number of fused-ring (bicyclic) bond motifs is 2. The Kier molecular flexibility index (Phi) is 4.76. The predicted molar refractivity (Wildman–Crippen MR) is 125 cm³/mol. The van der Waals surface area contributed by atoms with Crippen LogP contribution in [0.1, 0.15) is 9.67 Å². The molecule has 0 bridgehead atoms. The molecule has 0 aliphatic heterocycles. The van der Waals surface area contributed by atoms with E-state index in [4.69, 9.17) is 23.2 Å². The van der Waals surface area contributed by atoms with Crippen LogP contribution in [0.3, 0.4) is 0 Å². The van der Waals surface area contributed by atoms with Gasteiger partial charge in [-0.15, -0.1) is 22.7 Å². The fraction of sp³-hybridized carbons (Fsp3) is 0. The van der Waals surface area contributed by atoms with Crippen molar-refractivity contribution >= 4 is 77.8 Å². The predicted octanol–water partition coefficient (Wildman–Crippen LogP) is 7.74. The van der Waals surface area contributed by atoms with Gasteiger partial charge in [-0.25, -0.2) is 4.98 Å². The average Bonchev–Trinajstić information content (AvgIpc) is 3.32. The first-order valence-corrected chi connectivity index (χ1v) is 11.2. The Morgan fingerprint density at radius 1 is 0.966 bits per heavy atom. The van der Waals surface area contributed by atoms with Crippen molar-refractivity contribution in [2.24, 2.45) is 0 Å². The average molecular weight is 455 g/mol. The fourth-order valence-corrected chi connectivity index (χ4v) is 5.55. The number of amides is 1. The maximum Gasteiger partial charge on any atom is 0.269 e. The van der Waals surface area contributed by atoms with E-state index in [-0.39, 0.29) is 5.91 Å². The number of thiophene rings is 1. The van der Waals surface area contributed by atoms with Crippen LogP contribution >= 0.6 is 45.9 Å². The van der Waals surface area contributed by atoms with Crippen LogP contribution in [0.5, 0.6) is 0 Å². The summed E-state index contributed by atoms with van der Waals surface area (Å²) in [6, 6.07) is 19.8. The number of nitrogens with one attached hydrogen (secondary N) is 1. The molecule has 0 unspecified atom stereocenters. The van der Waals surface area contributed by atoms with Crippen molar-refractivity contribution in [1.82, 2.24) is 4.98 Å². The van der Waals surface area contributed by atoms with Gasteiger partial charge >= 0.3 is 0 Å². The zero-order chi connectivity index (χ0) is 20.0. The van der Waals surface area contributed by atoms with E-state index in [2.05, 4.69) is 34.6 Å². The molecule has 0 saturated carbocycles. The monoisotopic (exact) mass is 454 g/mol. The van der Waals surface area contributed by atoms with E-state index in [9.17, 15) is 4.79 Å². The molecule has 0 radical (unpaired) electrons. The Morgan fingerprint density at radius 2 is 1.79 bits per heavy atom.